The number of aromatic nitrogens is 2. The minimum absolute atomic E-state index is 0.172. The summed E-state index contributed by atoms with van der Waals surface area (Å²) in [6, 6.07) is 11.0. The van der Waals surface area contributed by atoms with Crippen molar-refractivity contribution in [3.8, 4) is 6.07 Å². The van der Waals surface area contributed by atoms with Gasteiger partial charge in [-0.1, -0.05) is 30.3 Å². The standard InChI is InChI=1S/C20H20N6O3/c21-10-13-14(11-4-2-1-3-5-11)15-17(23-18(13)28)24-20(25-19(15)29)26-8-6-12(7-9-26)16(22)27/h1-5,12-14H,6-9H2,(H2,22,27)(H2,23,24,25,28,29). The Morgan fingerprint density at radius 2 is 1.90 bits per heavy atom. The minimum Gasteiger partial charge on any atom is -0.369 e. The van der Waals surface area contributed by atoms with Gasteiger partial charge in [0.1, 0.15) is 11.7 Å². The number of nitrogens with two attached hydrogens (primary N) is 1. The molecule has 4 N–H and O–H groups in total. The molecule has 2 aliphatic rings. The van der Waals surface area contributed by atoms with Crippen LogP contribution in [-0.2, 0) is 9.59 Å². The lowest BCUT2D eigenvalue weighted by molar-refractivity contribution is -0.122. The molecule has 2 aromatic rings. The molecule has 0 saturated carbocycles. The van der Waals surface area contributed by atoms with E-state index in [1.165, 1.54) is 0 Å². The molecule has 9 nitrogen and oxygen atoms in total. The van der Waals surface area contributed by atoms with E-state index in [1.807, 2.05) is 17.0 Å². The minimum atomic E-state index is -1.02. The molecule has 29 heavy (non-hydrogen) atoms. The van der Waals surface area contributed by atoms with E-state index in [-0.39, 0.29) is 23.2 Å². The summed E-state index contributed by atoms with van der Waals surface area (Å²) >= 11 is 0. The molecule has 0 aliphatic carbocycles. The van der Waals surface area contributed by atoms with Gasteiger partial charge in [0.25, 0.3) is 5.56 Å². The molecular formula is C20H20N6O3. The number of primary amides is 1. The molecule has 3 heterocycles. The Labute approximate surface area is 166 Å². The van der Waals surface area contributed by atoms with Gasteiger partial charge < -0.3 is 16.0 Å². The van der Waals surface area contributed by atoms with Gasteiger partial charge in [-0.15, -0.1) is 0 Å². The quantitative estimate of drug-likeness (QED) is 0.701. The number of amides is 2. The van der Waals surface area contributed by atoms with Crippen LogP contribution in [0.3, 0.4) is 0 Å². The largest absolute Gasteiger partial charge is 0.369 e. The number of H-pyrrole nitrogens is 1. The summed E-state index contributed by atoms with van der Waals surface area (Å²) in [5.74, 6) is -2.21. The van der Waals surface area contributed by atoms with Crippen LogP contribution in [0.1, 0.15) is 29.9 Å². The Morgan fingerprint density at radius 3 is 2.52 bits per heavy atom. The molecule has 4 rings (SSSR count). The molecular weight excluding hydrogens is 372 g/mol. The predicted octanol–water partition coefficient (Wildman–Crippen LogP) is 0.695. The number of fused-ring (bicyclic) bond motifs is 1. The van der Waals surface area contributed by atoms with Crippen molar-refractivity contribution in [2.45, 2.75) is 18.8 Å². The van der Waals surface area contributed by atoms with Crippen molar-refractivity contribution in [1.29, 1.82) is 5.26 Å². The van der Waals surface area contributed by atoms with Crippen LogP contribution in [-0.4, -0.2) is 34.9 Å². The number of hydrogen-bond acceptors (Lipinski definition) is 6. The predicted molar refractivity (Wildman–Crippen MR) is 105 cm³/mol. The average molecular weight is 392 g/mol. The number of benzene rings is 1. The average Bonchev–Trinajstić information content (AvgIpc) is 2.73. The molecule has 2 aliphatic heterocycles. The second-order valence-corrected chi connectivity index (χ2v) is 7.30. The van der Waals surface area contributed by atoms with Crippen molar-refractivity contribution in [3.63, 3.8) is 0 Å². The number of piperidine rings is 1. The lowest BCUT2D eigenvalue weighted by Crippen LogP contribution is -2.42. The van der Waals surface area contributed by atoms with Crippen molar-refractivity contribution >= 4 is 23.6 Å². The van der Waals surface area contributed by atoms with Crippen molar-refractivity contribution in [2.24, 2.45) is 17.6 Å². The first-order valence-corrected chi connectivity index (χ1v) is 9.43. The van der Waals surface area contributed by atoms with Gasteiger partial charge >= 0.3 is 0 Å². The lowest BCUT2D eigenvalue weighted by atomic mass is 9.79. The van der Waals surface area contributed by atoms with Crippen LogP contribution >= 0.6 is 0 Å². The topological polar surface area (TPSA) is 145 Å². The van der Waals surface area contributed by atoms with Gasteiger partial charge in [0.15, 0.2) is 0 Å². The van der Waals surface area contributed by atoms with Gasteiger partial charge in [-0.3, -0.25) is 19.4 Å². The Kier molecular flexibility index (Phi) is 4.76. The van der Waals surface area contributed by atoms with Gasteiger partial charge in [-0.2, -0.15) is 10.2 Å². The second kappa shape index (κ2) is 7.39. The maximum absolute atomic E-state index is 13.0. The Hall–Kier alpha value is -3.67. The third-order valence-electron chi connectivity index (χ3n) is 5.61. The number of nitrogens with one attached hydrogen (secondary N) is 2. The van der Waals surface area contributed by atoms with Crippen LogP contribution in [0.25, 0.3) is 0 Å². The van der Waals surface area contributed by atoms with E-state index < -0.39 is 23.3 Å². The third-order valence-corrected chi connectivity index (χ3v) is 5.61. The number of hydrogen-bond donors (Lipinski definition) is 3. The van der Waals surface area contributed by atoms with Gasteiger partial charge in [0, 0.05) is 24.9 Å². The van der Waals surface area contributed by atoms with Gasteiger partial charge in [-0.25, -0.2) is 0 Å². The van der Waals surface area contributed by atoms with Crippen LogP contribution < -0.4 is 21.5 Å². The number of nitrogens with zero attached hydrogens (tertiary/aromatic N) is 3. The molecule has 148 valence electrons. The summed E-state index contributed by atoms with van der Waals surface area (Å²) in [5, 5.41) is 12.2. The summed E-state index contributed by atoms with van der Waals surface area (Å²) in [6.07, 6.45) is 1.15. The van der Waals surface area contributed by atoms with E-state index in [2.05, 4.69) is 15.3 Å². The van der Waals surface area contributed by atoms with E-state index in [9.17, 15) is 19.6 Å². The number of rotatable bonds is 3. The van der Waals surface area contributed by atoms with E-state index in [4.69, 9.17) is 5.73 Å². The molecule has 2 atom stereocenters. The Morgan fingerprint density at radius 1 is 1.21 bits per heavy atom. The van der Waals surface area contributed by atoms with E-state index in [1.54, 1.807) is 24.3 Å². The van der Waals surface area contributed by atoms with E-state index in [0.29, 0.717) is 37.4 Å². The van der Waals surface area contributed by atoms with Crippen molar-refractivity contribution in [3.05, 3.63) is 51.8 Å². The number of carbonyl (C=O) groups is 2. The number of anilines is 2. The number of carbonyl (C=O) groups excluding carboxylic acids is 2. The monoisotopic (exact) mass is 392 g/mol. The zero-order chi connectivity index (χ0) is 20.5. The summed E-state index contributed by atoms with van der Waals surface area (Å²) in [6.45, 7) is 1.04. The summed E-state index contributed by atoms with van der Waals surface area (Å²) in [4.78, 5) is 46.0. The van der Waals surface area contributed by atoms with Gasteiger partial charge in [0.2, 0.25) is 17.8 Å². The number of aromatic amines is 1. The number of nitriles is 1. The van der Waals surface area contributed by atoms with Crippen LogP contribution in [0.5, 0.6) is 0 Å². The Balaban J connectivity index is 1.73. The molecule has 1 aromatic carbocycles. The van der Waals surface area contributed by atoms with Gasteiger partial charge in [-0.05, 0) is 18.4 Å². The Bertz CT molecular complexity index is 1050. The zero-order valence-electron chi connectivity index (χ0n) is 15.6. The first kappa shape index (κ1) is 18.7. The van der Waals surface area contributed by atoms with Crippen molar-refractivity contribution in [2.75, 3.05) is 23.3 Å². The SMILES string of the molecule is N#CC1C(=O)Nc2nc(N3CCC(C(N)=O)CC3)[nH]c(=O)c2C1c1ccccc1. The van der Waals surface area contributed by atoms with Crippen LogP contribution in [0.15, 0.2) is 35.1 Å². The van der Waals surface area contributed by atoms with Crippen molar-refractivity contribution in [1.82, 2.24) is 9.97 Å². The summed E-state index contributed by atoms with van der Waals surface area (Å²) < 4.78 is 0. The van der Waals surface area contributed by atoms with Crippen LogP contribution in [0.4, 0.5) is 11.8 Å². The first-order chi connectivity index (χ1) is 14.0. The highest BCUT2D eigenvalue weighted by Gasteiger charge is 2.40. The summed E-state index contributed by atoms with van der Waals surface area (Å²) in [7, 11) is 0. The lowest BCUT2D eigenvalue weighted by Gasteiger charge is -2.33. The molecule has 0 radical (unpaired) electrons. The second-order valence-electron chi connectivity index (χ2n) is 7.30. The highest BCUT2D eigenvalue weighted by molar-refractivity contribution is 5.98. The highest BCUT2D eigenvalue weighted by Crippen LogP contribution is 2.38. The van der Waals surface area contributed by atoms with E-state index >= 15 is 0 Å². The van der Waals surface area contributed by atoms with Crippen molar-refractivity contribution < 1.29 is 9.59 Å². The van der Waals surface area contributed by atoms with E-state index in [0.717, 1.165) is 0 Å². The maximum Gasteiger partial charge on any atom is 0.258 e. The smallest absolute Gasteiger partial charge is 0.258 e. The molecule has 0 bridgehead atoms. The fourth-order valence-electron chi connectivity index (χ4n) is 4.05. The van der Waals surface area contributed by atoms with Crippen LogP contribution in [0, 0.1) is 23.2 Å². The molecule has 2 amide bonds. The molecule has 2 unspecified atom stereocenters. The first-order valence-electron chi connectivity index (χ1n) is 9.43. The highest BCUT2D eigenvalue weighted by atomic mass is 16.2. The molecule has 9 heteroatoms. The van der Waals surface area contributed by atoms with Crippen LogP contribution in [0.2, 0.25) is 0 Å². The maximum atomic E-state index is 13.0. The fourth-order valence-corrected chi connectivity index (χ4v) is 4.05. The summed E-state index contributed by atoms with van der Waals surface area (Å²) in [5.41, 5.74) is 5.96. The fraction of sp³-hybridized carbons (Fsp3) is 0.350. The molecule has 1 saturated heterocycles. The zero-order valence-corrected chi connectivity index (χ0v) is 15.6. The molecule has 1 aromatic heterocycles. The normalized spacial score (nSPS) is 21.8. The van der Waals surface area contributed by atoms with Gasteiger partial charge in [0.05, 0.1) is 11.6 Å². The molecule has 0 spiro atoms. The molecule has 1 fully saturated rings. The third kappa shape index (κ3) is 3.33.